The number of rotatable bonds is 5. The molecule has 10 heteroatoms. The van der Waals surface area contributed by atoms with E-state index in [1.165, 1.54) is 0 Å². The highest BCUT2D eigenvalue weighted by molar-refractivity contribution is 6.00. The minimum absolute atomic E-state index is 0.149. The van der Waals surface area contributed by atoms with Crippen LogP contribution in [0.1, 0.15) is 27.6 Å². The van der Waals surface area contributed by atoms with Gasteiger partial charge in [-0.2, -0.15) is 0 Å². The summed E-state index contributed by atoms with van der Waals surface area (Å²) >= 11 is 0. The minimum Gasteiger partial charge on any atom is -0.383 e. The molecule has 2 amide bonds. The number of aliphatic hydroxyl groups excluding tert-OH is 1. The summed E-state index contributed by atoms with van der Waals surface area (Å²) in [7, 11) is 0. The predicted octanol–water partition coefficient (Wildman–Crippen LogP) is 2.63. The van der Waals surface area contributed by atoms with Gasteiger partial charge in [0.05, 0.1) is 5.56 Å². The number of halogens is 2. The van der Waals surface area contributed by atoms with Crippen LogP contribution < -0.4 is 16.4 Å². The fraction of sp³-hybridized carbons (Fsp3) is 0.269. The zero-order valence-electron chi connectivity index (χ0n) is 19.5. The molecule has 2 saturated heterocycles. The number of hydrogen-bond acceptors (Lipinski definition) is 6. The van der Waals surface area contributed by atoms with E-state index >= 15 is 0 Å². The molecule has 2 aromatic carbocycles. The van der Waals surface area contributed by atoms with E-state index in [1.54, 1.807) is 35.4 Å². The van der Waals surface area contributed by atoms with Gasteiger partial charge in [0.1, 0.15) is 17.5 Å². The first-order chi connectivity index (χ1) is 17.1. The topological polar surface area (TPSA) is 121 Å². The summed E-state index contributed by atoms with van der Waals surface area (Å²) in [6, 6.07) is 9.24. The highest BCUT2D eigenvalue weighted by Crippen LogP contribution is 2.36. The van der Waals surface area contributed by atoms with Gasteiger partial charge in [-0.15, -0.1) is 0 Å². The first-order valence-corrected chi connectivity index (χ1v) is 11.5. The molecule has 1 atom stereocenters. The van der Waals surface area contributed by atoms with E-state index in [0.29, 0.717) is 36.0 Å². The summed E-state index contributed by atoms with van der Waals surface area (Å²) in [5.74, 6) is -2.59. The first-order valence-electron chi connectivity index (χ1n) is 11.5. The molecule has 3 heterocycles. The van der Waals surface area contributed by atoms with E-state index in [1.807, 2.05) is 6.92 Å². The Morgan fingerprint density at radius 1 is 1.14 bits per heavy atom. The second-order valence-corrected chi connectivity index (χ2v) is 9.55. The Balaban J connectivity index is 1.31. The predicted molar refractivity (Wildman–Crippen MR) is 130 cm³/mol. The number of aromatic nitrogens is 1. The van der Waals surface area contributed by atoms with Crippen LogP contribution in [0.5, 0.6) is 0 Å². The number of amides is 2. The highest BCUT2D eigenvalue weighted by atomic mass is 19.1. The summed E-state index contributed by atoms with van der Waals surface area (Å²) < 4.78 is 26.9. The van der Waals surface area contributed by atoms with E-state index in [2.05, 4.69) is 15.6 Å². The SMILES string of the molecule is Cc1cc(NC(=O)[C@H](O)c2cc(F)cc(F)c2)ccc1-c1cnc(N)c(C(=O)N2CC3(CNC3)C2)c1. The van der Waals surface area contributed by atoms with Crippen molar-refractivity contribution in [3.8, 4) is 11.1 Å². The molecule has 36 heavy (non-hydrogen) atoms. The van der Waals surface area contributed by atoms with Crippen LogP contribution in [0.25, 0.3) is 11.1 Å². The zero-order chi connectivity index (χ0) is 25.6. The maximum atomic E-state index is 13.4. The van der Waals surface area contributed by atoms with Crippen LogP contribution in [0.3, 0.4) is 0 Å². The van der Waals surface area contributed by atoms with Gasteiger partial charge >= 0.3 is 0 Å². The lowest BCUT2D eigenvalue weighted by atomic mass is 9.74. The first kappa shape index (κ1) is 23.8. The molecule has 2 aliphatic rings. The molecule has 0 unspecified atom stereocenters. The van der Waals surface area contributed by atoms with Crippen molar-refractivity contribution < 1.29 is 23.5 Å². The van der Waals surface area contributed by atoms with Gasteiger partial charge in [-0.05, 0) is 53.9 Å². The molecule has 0 bridgehead atoms. The zero-order valence-corrected chi connectivity index (χ0v) is 19.5. The summed E-state index contributed by atoms with van der Waals surface area (Å²) in [5, 5.41) is 16.0. The van der Waals surface area contributed by atoms with Crippen LogP contribution in [-0.2, 0) is 4.79 Å². The van der Waals surface area contributed by atoms with E-state index in [4.69, 9.17) is 5.73 Å². The van der Waals surface area contributed by atoms with Crippen molar-refractivity contribution in [2.45, 2.75) is 13.0 Å². The molecule has 0 radical (unpaired) electrons. The number of benzene rings is 2. The Morgan fingerprint density at radius 2 is 1.83 bits per heavy atom. The van der Waals surface area contributed by atoms with Gasteiger partial charge in [-0.25, -0.2) is 13.8 Å². The molecular weight excluding hydrogens is 468 g/mol. The van der Waals surface area contributed by atoms with E-state index in [9.17, 15) is 23.5 Å². The van der Waals surface area contributed by atoms with Crippen LogP contribution in [-0.4, -0.2) is 53.0 Å². The number of nitrogen functional groups attached to an aromatic ring is 1. The molecule has 0 aliphatic carbocycles. The number of carbonyl (C=O) groups excluding carboxylic acids is 2. The number of carbonyl (C=O) groups is 2. The third kappa shape index (κ3) is 4.40. The Morgan fingerprint density at radius 3 is 2.44 bits per heavy atom. The van der Waals surface area contributed by atoms with Gasteiger partial charge in [0.2, 0.25) is 0 Å². The molecule has 2 aliphatic heterocycles. The number of nitrogens with one attached hydrogen (secondary N) is 2. The normalized spacial score (nSPS) is 16.7. The molecule has 0 saturated carbocycles. The van der Waals surface area contributed by atoms with Crippen molar-refractivity contribution in [3.63, 3.8) is 0 Å². The van der Waals surface area contributed by atoms with Gasteiger partial charge in [-0.1, -0.05) is 6.07 Å². The standard InChI is InChI=1S/C26H25F2N5O3/c1-14-4-19(32-24(35)22(34)15-5-17(27)8-18(28)6-15)2-3-20(14)16-7-21(23(29)31-9-16)25(36)33-12-26(13-33)10-30-11-26/h2-9,22,30,34H,10-13H2,1H3,(H2,29,31)(H,32,35)/t22-/m1/s1. The third-order valence-electron chi connectivity index (χ3n) is 6.74. The monoisotopic (exact) mass is 493 g/mol. The number of pyridine rings is 1. The lowest BCUT2D eigenvalue weighted by molar-refractivity contribution is -0.124. The van der Waals surface area contributed by atoms with Crippen molar-refractivity contribution in [2.24, 2.45) is 5.41 Å². The fourth-order valence-corrected chi connectivity index (χ4v) is 4.73. The van der Waals surface area contributed by atoms with Gasteiger partial charge < -0.3 is 26.4 Å². The fourth-order valence-electron chi connectivity index (χ4n) is 4.73. The van der Waals surface area contributed by atoms with E-state index in [-0.39, 0.29) is 22.7 Å². The second kappa shape index (κ2) is 8.96. The van der Waals surface area contributed by atoms with Gasteiger partial charge in [0.25, 0.3) is 11.8 Å². The maximum absolute atomic E-state index is 13.4. The number of nitrogens with zero attached hydrogens (tertiary/aromatic N) is 2. The van der Waals surface area contributed by atoms with Crippen molar-refractivity contribution in [1.82, 2.24) is 15.2 Å². The number of nitrogens with two attached hydrogens (primary N) is 1. The van der Waals surface area contributed by atoms with Crippen molar-refractivity contribution in [3.05, 3.63) is 77.0 Å². The number of aliphatic hydroxyl groups is 1. The van der Waals surface area contributed by atoms with Crippen LogP contribution in [0.15, 0.2) is 48.7 Å². The Hall–Kier alpha value is -3.89. The molecule has 5 rings (SSSR count). The summed E-state index contributed by atoms with van der Waals surface area (Å²) in [6.07, 6.45) is -0.163. The smallest absolute Gasteiger partial charge is 0.257 e. The average Bonchev–Trinajstić information content (AvgIpc) is 2.76. The van der Waals surface area contributed by atoms with Gasteiger partial charge in [-0.3, -0.25) is 9.59 Å². The Kier molecular flexibility index (Phi) is 5.93. The van der Waals surface area contributed by atoms with Crippen LogP contribution in [0, 0.1) is 24.0 Å². The number of likely N-dealkylation sites (tertiary alicyclic amines) is 1. The van der Waals surface area contributed by atoms with E-state index in [0.717, 1.165) is 36.3 Å². The molecule has 5 N–H and O–H groups in total. The third-order valence-corrected chi connectivity index (χ3v) is 6.74. The second-order valence-electron chi connectivity index (χ2n) is 9.55. The molecule has 1 aromatic heterocycles. The Labute approximate surface area is 206 Å². The summed E-state index contributed by atoms with van der Waals surface area (Å²) in [4.78, 5) is 31.5. The van der Waals surface area contributed by atoms with Crippen molar-refractivity contribution >= 4 is 23.3 Å². The number of aryl methyl sites for hydroxylation is 1. The van der Waals surface area contributed by atoms with Crippen LogP contribution in [0.4, 0.5) is 20.3 Å². The highest BCUT2D eigenvalue weighted by Gasteiger charge is 2.49. The average molecular weight is 494 g/mol. The number of anilines is 2. The molecule has 2 fully saturated rings. The van der Waals surface area contributed by atoms with Gasteiger partial charge in [0.15, 0.2) is 6.10 Å². The van der Waals surface area contributed by atoms with Crippen molar-refractivity contribution in [1.29, 1.82) is 0 Å². The summed E-state index contributed by atoms with van der Waals surface area (Å²) in [6.45, 7) is 5.06. The lowest BCUT2D eigenvalue weighted by Crippen LogP contribution is -2.71. The molecule has 8 nitrogen and oxygen atoms in total. The quantitative estimate of drug-likeness (QED) is 0.434. The molecule has 3 aromatic rings. The minimum atomic E-state index is -1.75. The van der Waals surface area contributed by atoms with Crippen molar-refractivity contribution in [2.75, 3.05) is 37.2 Å². The Bertz CT molecular complexity index is 1350. The largest absolute Gasteiger partial charge is 0.383 e. The van der Waals surface area contributed by atoms with E-state index < -0.39 is 23.6 Å². The molecule has 186 valence electrons. The van der Waals surface area contributed by atoms with Crippen LogP contribution in [0.2, 0.25) is 0 Å². The number of hydrogen-bond donors (Lipinski definition) is 4. The molecule has 1 spiro atoms. The summed E-state index contributed by atoms with van der Waals surface area (Å²) in [5.41, 5.74) is 9.01. The van der Waals surface area contributed by atoms with Crippen LogP contribution >= 0.6 is 0 Å². The maximum Gasteiger partial charge on any atom is 0.257 e. The lowest BCUT2D eigenvalue weighted by Gasteiger charge is -2.56. The van der Waals surface area contributed by atoms with Gasteiger partial charge in [0, 0.05) is 55.1 Å². The molecular formula is C26H25F2N5O3.